The van der Waals surface area contributed by atoms with E-state index in [0.29, 0.717) is 0 Å². The zero-order valence-corrected chi connectivity index (χ0v) is 17.5. The van der Waals surface area contributed by atoms with Gasteiger partial charge in [-0.2, -0.15) is 54.6 Å². The fourth-order valence-electron chi connectivity index (χ4n) is 2.05. The summed E-state index contributed by atoms with van der Waals surface area (Å²) in [5.41, 5.74) is 2.10. The van der Waals surface area contributed by atoms with Crippen LogP contribution in [0.3, 0.4) is 0 Å². The van der Waals surface area contributed by atoms with Crippen molar-refractivity contribution in [2.45, 2.75) is 0 Å². The van der Waals surface area contributed by atoms with E-state index in [0.717, 1.165) is 11.1 Å². The molecule has 1 aliphatic carbocycles. The molecule has 28 heavy (non-hydrogen) atoms. The third-order valence-electron chi connectivity index (χ3n) is 3.37. The molecule has 0 unspecified atom stereocenters. The Kier molecular flexibility index (Phi) is 15.3. The normalized spacial score (nSPS) is 10.6. The van der Waals surface area contributed by atoms with E-state index in [9.17, 15) is 4.79 Å². The van der Waals surface area contributed by atoms with Crippen LogP contribution in [0.5, 0.6) is 0 Å². The van der Waals surface area contributed by atoms with Crippen molar-refractivity contribution in [3.63, 3.8) is 0 Å². The molecule has 0 saturated carbocycles. The molecule has 3 heteroatoms. The Balaban J connectivity index is 0.000000500. The molecular formula is C25H22Fe2O. The molecule has 144 valence electrons. The van der Waals surface area contributed by atoms with Crippen molar-refractivity contribution < 1.29 is 38.9 Å². The molecule has 0 atom stereocenters. The number of hydrogen-bond donors (Lipinski definition) is 0. The van der Waals surface area contributed by atoms with Crippen molar-refractivity contribution in [3.05, 3.63) is 139 Å². The topological polar surface area (TPSA) is 17.1 Å². The number of carbonyl (C=O) groups excluding carboxylic acids is 1. The van der Waals surface area contributed by atoms with Gasteiger partial charge in [-0.3, -0.25) is 0 Å². The van der Waals surface area contributed by atoms with Crippen molar-refractivity contribution in [1.29, 1.82) is 0 Å². The average Bonchev–Trinajstić information content (AvgIpc) is 3.49. The first-order valence-electron chi connectivity index (χ1n) is 8.51. The van der Waals surface area contributed by atoms with E-state index in [1.54, 1.807) is 12.5 Å². The Labute approximate surface area is 189 Å². The van der Waals surface area contributed by atoms with Crippen molar-refractivity contribution in [2.24, 2.45) is 0 Å². The van der Waals surface area contributed by atoms with Gasteiger partial charge in [0.2, 0.25) is 0 Å². The van der Waals surface area contributed by atoms with Crippen LogP contribution in [0.4, 0.5) is 0 Å². The predicted molar refractivity (Wildman–Crippen MR) is 111 cm³/mol. The van der Waals surface area contributed by atoms with Crippen molar-refractivity contribution in [3.8, 4) is 0 Å². The molecule has 0 radical (unpaired) electrons. The van der Waals surface area contributed by atoms with Gasteiger partial charge in [-0.05, 0) is 0 Å². The van der Waals surface area contributed by atoms with Gasteiger partial charge in [0.05, 0.1) is 5.78 Å². The SMILES string of the molecule is O=C(C=C[c-]1cccc1)[CH-]C=C1C=CC=C1.[Fe+2].[Fe+2].c1cc[cH-]c1.c1cc[cH-]c1. The van der Waals surface area contributed by atoms with Gasteiger partial charge in [0.25, 0.3) is 0 Å². The van der Waals surface area contributed by atoms with E-state index >= 15 is 0 Å². The summed E-state index contributed by atoms with van der Waals surface area (Å²) in [5, 5.41) is 0. The van der Waals surface area contributed by atoms with Crippen LogP contribution in [-0.4, -0.2) is 5.78 Å². The van der Waals surface area contributed by atoms with Gasteiger partial charge in [-0.15, -0.1) is 54.0 Å². The van der Waals surface area contributed by atoms with E-state index in [-0.39, 0.29) is 39.9 Å². The Morgan fingerprint density at radius 1 is 0.821 bits per heavy atom. The fourth-order valence-corrected chi connectivity index (χ4v) is 2.05. The second-order valence-electron chi connectivity index (χ2n) is 5.43. The summed E-state index contributed by atoms with van der Waals surface area (Å²) in [4.78, 5) is 11.5. The molecule has 3 aromatic rings. The van der Waals surface area contributed by atoms with Crippen LogP contribution < -0.4 is 0 Å². The van der Waals surface area contributed by atoms with E-state index < -0.39 is 0 Å². The van der Waals surface area contributed by atoms with Crippen molar-refractivity contribution in [2.75, 3.05) is 0 Å². The monoisotopic (exact) mass is 450 g/mol. The van der Waals surface area contributed by atoms with E-state index in [1.165, 1.54) is 0 Å². The summed E-state index contributed by atoms with van der Waals surface area (Å²) in [6.07, 6.45) is 14.6. The standard InChI is InChI=1S/C15H12O.2C5H5.2Fe/c16-15(11-9-13-5-1-2-6-13)12-10-14-7-3-4-8-14;2*1-2-4-5-3-1;;/h1-12H;2*1-5H;;/q-2;2*-1;2*+2. The first kappa shape index (κ1) is 25.6. The van der Waals surface area contributed by atoms with Crippen LogP contribution in [0, 0.1) is 6.42 Å². The molecule has 0 amide bonds. The maximum atomic E-state index is 11.5. The van der Waals surface area contributed by atoms with Gasteiger partial charge in [0, 0.05) is 0 Å². The summed E-state index contributed by atoms with van der Waals surface area (Å²) in [5.74, 6) is 0.00222. The largest absolute Gasteiger partial charge is 2.00 e. The Hall–Kier alpha value is -2.41. The smallest absolute Gasteiger partial charge is 0.319 e. The Morgan fingerprint density at radius 2 is 1.32 bits per heavy atom. The number of rotatable bonds is 4. The van der Waals surface area contributed by atoms with Gasteiger partial charge >= 0.3 is 34.1 Å². The Morgan fingerprint density at radius 3 is 1.75 bits per heavy atom. The number of allylic oxidation sites excluding steroid dienone is 7. The van der Waals surface area contributed by atoms with Crippen molar-refractivity contribution >= 4 is 11.9 Å². The van der Waals surface area contributed by atoms with Crippen LogP contribution >= 0.6 is 0 Å². The third kappa shape index (κ3) is 12.1. The number of hydrogen-bond acceptors (Lipinski definition) is 1. The van der Waals surface area contributed by atoms with E-state index in [4.69, 9.17) is 0 Å². The summed E-state index contributed by atoms with van der Waals surface area (Å²) < 4.78 is 0. The number of carbonyl (C=O) groups is 1. The maximum absolute atomic E-state index is 11.5. The number of ketones is 1. The first-order chi connectivity index (χ1) is 12.8. The minimum Gasteiger partial charge on any atom is -0.319 e. The third-order valence-corrected chi connectivity index (χ3v) is 3.37. The molecule has 0 fully saturated rings. The molecule has 0 spiro atoms. The van der Waals surface area contributed by atoms with Crippen LogP contribution in [-0.2, 0) is 38.9 Å². The predicted octanol–water partition coefficient (Wildman–Crippen LogP) is 6.05. The molecule has 3 aromatic carbocycles. The van der Waals surface area contributed by atoms with E-state index in [1.807, 2.05) is 121 Å². The second-order valence-corrected chi connectivity index (χ2v) is 5.43. The van der Waals surface area contributed by atoms with Gasteiger partial charge in [0.1, 0.15) is 0 Å². The van der Waals surface area contributed by atoms with Crippen LogP contribution in [0.1, 0.15) is 5.56 Å². The van der Waals surface area contributed by atoms with Crippen LogP contribution in [0.25, 0.3) is 6.08 Å². The minimum absolute atomic E-state index is 0. The molecule has 0 bridgehead atoms. The van der Waals surface area contributed by atoms with Crippen LogP contribution in [0.15, 0.2) is 127 Å². The summed E-state index contributed by atoms with van der Waals surface area (Å²) >= 11 is 0. The molecule has 0 N–H and O–H groups in total. The zero-order valence-electron chi connectivity index (χ0n) is 15.3. The van der Waals surface area contributed by atoms with Gasteiger partial charge < -0.3 is 4.79 Å². The molecule has 1 nitrogen and oxygen atoms in total. The summed E-state index contributed by atoms with van der Waals surface area (Å²) in [6.45, 7) is 0. The fraction of sp³-hybridized carbons (Fsp3) is 0. The quantitative estimate of drug-likeness (QED) is 0.269. The Bertz CT molecular complexity index is 741. The first-order valence-corrected chi connectivity index (χ1v) is 8.51. The molecule has 1 aliphatic rings. The van der Waals surface area contributed by atoms with Crippen molar-refractivity contribution in [1.82, 2.24) is 0 Å². The maximum Gasteiger partial charge on any atom is 2.00 e. The molecule has 4 rings (SSSR count). The molecular weight excluding hydrogens is 428 g/mol. The van der Waals surface area contributed by atoms with Gasteiger partial charge in [-0.25, -0.2) is 24.3 Å². The molecule has 0 heterocycles. The molecule has 0 aliphatic heterocycles. The summed E-state index contributed by atoms with van der Waals surface area (Å²) in [7, 11) is 0. The average molecular weight is 450 g/mol. The molecule has 0 aromatic heterocycles. The van der Waals surface area contributed by atoms with Crippen LogP contribution in [0.2, 0.25) is 0 Å². The summed E-state index contributed by atoms with van der Waals surface area (Å²) in [6, 6.07) is 27.8. The van der Waals surface area contributed by atoms with E-state index in [2.05, 4.69) is 0 Å². The minimum atomic E-state index is 0. The van der Waals surface area contributed by atoms with Gasteiger partial charge in [0.15, 0.2) is 0 Å². The zero-order chi connectivity index (χ0) is 18.3. The second kappa shape index (κ2) is 16.7. The van der Waals surface area contributed by atoms with Gasteiger partial charge in [-0.1, -0.05) is 12.2 Å². The molecule has 0 saturated heterocycles.